The molecule has 1 aliphatic rings. The first-order valence-corrected chi connectivity index (χ1v) is 9.35. The van der Waals surface area contributed by atoms with Gasteiger partial charge in [0.2, 0.25) is 0 Å². The number of benzene rings is 1. The summed E-state index contributed by atoms with van der Waals surface area (Å²) in [6.07, 6.45) is 4.38. The minimum atomic E-state index is -0.708. The summed E-state index contributed by atoms with van der Waals surface area (Å²) in [5.74, 6) is -0.708. The number of nitro groups is 1. The summed E-state index contributed by atoms with van der Waals surface area (Å²) in [6.45, 7) is 0.437. The van der Waals surface area contributed by atoms with Crippen molar-refractivity contribution in [3.05, 3.63) is 48.4 Å². The Morgan fingerprint density at radius 1 is 1.42 bits per heavy atom. The van der Waals surface area contributed by atoms with Crippen molar-refractivity contribution in [2.75, 3.05) is 19.1 Å². The largest absolute Gasteiger partial charge is 0.465 e. The van der Waals surface area contributed by atoms with Crippen LogP contribution in [0.25, 0.3) is 0 Å². The zero-order chi connectivity index (χ0) is 18.8. The van der Waals surface area contributed by atoms with Gasteiger partial charge in [0.15, 0.2) is 0 Å². The topological polar surface area (TPSA) is 85.6 Å². The third-order valence-electron chi connectivity index (χ3n) is 4.34. The van der Waals surface area contributed by atoms with E-state index >= 15 is 0 Å². The maximum absolute atomic E-state index is 11.7. The van der Waals surface area contributed by atoms with Crippen molar-refractivity contribution in [3.8, 4) is 0 Å². The molecule has 0 unspecified atom stereocenters. The van der Waals surface area contributed by atoms with E-state index in [-0.39, 0.29) is 16.3 Å². The highest BCUT2D eigenvalue weighted by molar-refractivity contribution is 7.11. The van der Waals surface area contributed by atoms with E-state index in [0.717, 1.165) is 36.0 Å². The second-order valence-electron chi connectivity index (χ2n) is 6.11. The summed E-state index contributed by atoms with van der Waals surface area (Å²) in [7, 11) is 2.95. The van der Waals surface area contributed by atoms with Gasteiger partial charge in [-0.25, -0.2) is 9.78 Å². The fourth-order valence-corrected chi connectivity index (χ4v) is 4.48. The normalized spacial score (nSPS) is 13.2. The first-order valence-electron chi connectivity index (χ1n) is 8.15. The number of aromatic nitrogens is 1. The molecule has 0 amide bonds. The molecule has 1 aliphatic carbocycles. The SMILES string of the molecule is COC(=O)c1cc([N+](=O)[O-])c(N(C)Cc2nc3c(s2)CCCC3)cc1Cl. The summed E-state index contributed by atoms with van der Waals surface area (Å²) in [5.41, 5.74) is 1.26. The van der Waals surface area contributed by atoms with Gasteiger partial charge in [-0.2, -0.15) is 0 Å². The van der Waals surface area contributed by atoms with Gasteiger partial charge in [0, 0.05) is 18.0 Å². The molecule has 3 rings (SSSR count). The Kier molecular flexibility index (Phi) is 5.43. The molecule has 26 heavy (non-hydrogen) atoms. The number of rotatable bonds is 5. The number of thiazole rings is 1. The van der Waals surface area contributed by atoms with Gasteiger partial charge in [-0.1, -0.05) is 11.6 Å². The Morgan fingerprint density at radius 3 is 2.81 bits per heavy atom. The number of nitrogens with zero attached hydrogens (tertiary/aromatic N) is 3. The number of fused-ring (bicyclic) bond motifs is 1. The minimum Gasteiger partial charge on any atom is -0.465 e. The molecule has 138 valence electrons. The summed E-state index contributed by atoms with van der Waals surface area (Å²) < 4.78 is 4.63. The number of halogens is 1. The summed E-state index contributed by atoms with van der Waals surface area (Å²) in [5, 5.41) is 12.5. The number of ether oxygens (including phenoxy) is 1. The third kappa shape index (κ3) is 3.66. The van der Waals surface area contributed by atoms with Gasteiger partial charge >= 0.3 is 5.97 Å². The lowest BCUT2D eigenvalue weighted by Crippen LogP contribution is -2.18. The summed E-state index contributed by atoms with van der Waals surface area (Å²) >= 11 is 7.80. The Bertz CT molecular complexity index is 844. The molecular formula is C17H18ClN3O4S. The molecule has 0 radical (unpaired) electrons. The molecule has 2 aromatic rings. The highest BCUT2D eigenvalue weighted by Crippen LogP contribution is 2.35. The van der Waals surface area contributed by atoms with E-state index in [9.17, 15) is 14.9 Å². The quantitative estimate of drug-likeness (QED) is 0.432. The van der Waals surface area contributed by atoms with Gasteiger partial charge in [0.25, 0.3) is 5.69 Å². The molecule has 0 bridgehead atoms. The number of aryl methyl sites for hydroxylation is 2. The number of carbonyl (C=O) groups excluding carboxylic acids is 1. The number of anilines is 1. The molecule has 0 aliphatic heterocycles. The van der Waals surface area contributed by atoms with Crippen LogP contribution < -0.4 is 4.90 Å². The zero-order valence-electron chi connectivity index (χ0n) is 14.5. The van der Waals surface area contributed by atoms with Crippen LogP contribution in [0, 0.1) is 10.1 Å². The van der Waals surface area contributed by atoms with Crippen LogP contribution in [-0.4, -0.2) is 30.0 Å². The molecule has 0 spiro atoms. The average Bonchev–Trinajstić information content (AvgIpc) is 3.02. The van der Waals surface area contributed by atoms with E-state index in [1.165, 1.54) is 24.5 Å². The van der Waals surface area contributed by atoms with E-state index in [2.05, 4.69) is 9.72 Å². The molecule has 9 heteroatoms. The number of esters is 1. The van der Waals surface area contributed by atoms with E-state index in [1.807, 2.05) is 0 Å². The lowest BCUT2D eigenvalue weighted by molar-refractivity contribution is -0.384. The van der Waals surface area contributed by atoms with Crippen LogP contribution in [0.5, 0.6) is 0 Å². The Morgan fingerprint density at radius 2 is 2.15 bits per heavy atom. The highest BCUT2D eigenvalue weighted by Gasteiger charge is 2.25. The third-order valence-corrected chi connectivity index (χ3v) is 5.79. The number of methoxy groups -OCH3 is 1. The van der Waals surface area contributed by atoms with Crippen molar-refractivity contribution in [3.63, 3.8) is 0 Å². The molecule has 0 saturated heterocycles. The molecule has 7 nitrogen and oxygen atoms in total. The molecule has 1 aromatic heterocycles. The minimum absolute atomic E-state index is 0.0253. The van der Waals surface area contributed by atoms with Crippen molar-refractivity contribution >= 4 is 40.3 Å². The number of nitro benzene ring substituents is 1. The van der Waals surface area contributed by atoms with Crippen molar-refractivity contribution in [2.45, 2.75) is 32.2 Å². The maximum atomic E-state index is 11.7. The average molecular weight is 396 g/mol. The molecule has 0 fully saturated rings. The monoisotopic (exact) mass is 395 g/mol. The Balaban J connectivity index is 1.91. The van der Waals surface area contributed by atoms with Crippen LogP contribution >= 0.6 is 22.9 Å². The Hall–Kier alpha value is -2.19. The van der Waals surface area contributed by atoms with Crippen molar-refractivity contribution in [1.82, 2.24) is 4.98 Å². The Labute approximate surface area is 159 Å². The van der Waals surface area contributed by atoms with Crippen molar-refractivity contribution in [2.24, 2.45) is 0 Å². The van der Waals surface area contributed by atoms with Crippen LogP contribution in [0.2, 0.25) is 5.02 Å². The molecule has 1 heterocycles. The van der Waals surface area contributed by atoms with Gasteiger partial charge in [0.1, 0.15) is 10.7 Å². The van der Waals surface area contributed by atoms with Crippen molar-refractivity contribution < 1.29 is 14.5 Å². The van der Waals surface area contributed by atoms with Crippen molar-refractivity contribution in [1.29, 1.82) is 0 Å². The van der Waals surface area contributed by atoms with Gasteiger partial charge in [0.05, 0.1) is 34.9 Å². The van der Waals surface area contributed by atoms with Gasteiger partial charge in [-0.3, -0.25) is 10.1 Å². The van der Waals surface area contributed by atoms with E-state index in [4.69, 9.17) is 11.6 Å². The first kappa shape index (κ1) is 18.6. The van der Waals surface area contributed by atoms with E-state index in [1.54, 1.807) is 23.3 Å². The highest BCUT2D eigenvalue weighted by atomic mass is 35.5. The number of hydrogen-bond donors (Lipinski definition) is 0. The molecule has 1 aromatic carbocycles. The molecule has 0 atom stereocenters. The fourth-order valence-electron chi connectivity index (χ4n) is 3.03. The molecule has 0 saturated carbocycles. The second-order valence-corrected chi connectivity index (χ2v) is 7.69. The van der Waals surface area contributed by atoms with Crippen LogP contribution in [0.15, 0.2) is 12.1 Å². The van der Waals surface area contributed by atoms with Gasteiger partial charge in [-0.05, 0) is 31.7 Å². The predicted octanol–water partition coefficient (Wildman–Crippen LogP) is 4.01. The first-order chi connectivity index (χ1) is 12.4. The van der Waals surface area contributed by atoms with Crippen LogP contribution in [0.3, 0.4) is 0 Å². The molecular weight excluding hydrogens is 378 g/mol. The molecule has 0 N–H and O–H groups in total. The lowest BCUT2D eigenvalue weighted by Gasteiger charge is -2.18. The summed E-state index contributed by atoms with van der Waals surface area (Å²) in [6, 6.07) is 2.59. The number of carbonyl (C=O) groups is 1. The van der Waals surface area contributed by atoms with Crippen LogP contribution in [0.4, 0.5) is 11.4 Å². The summed E-state index contributed by atoms with van der Waals surface area (Å²) in [4.78, 5) is 30.4. The van der Waals surface area contributed by atoms with Crippen LogP contribution in [0.1, 0.15) is 38.8 Å². The van der Waals surface area contributed by atoms with Gasteiger partial charge < -0.3 is 9.64 Å². The van der Waals surface area contributed by atoms with Crippen LogP contribution in [-0.2, 0) is 24.1 Å². The number of hydrogen-bond acceptors (Lipinski definition) is 7. The van der Waals surface area contributed by atoms with E-state index in [0.29, 0.717) is 12.2 Å². The second kappa shape index (κ2) is 7.59. The van der Waals surface area contributed by atoms with Gasteiger partial charge in [-0.15, -0.1) is 11.3 Å². The lowest BCUT2D eigenvalue weighted by atomic mass is 10.0. The smallest absolute Gasteiger partial charge is 0.339 e. The van der Waals surface area contributed by atoms with E-state index < -0.39 is 10.9 Å². The maximum Gasteiger partial charge on any atom is 0.339 e. The predicted molar refractivity (Wildman–Crippen MR) is 100 cm³/mol. The zero-order valence-corrected chi connectivity index (χ0v) is 16.0. The standard InChI is InChI=1S/C17H18ClN3O4S/c1-20(9-16-19-12-5-3-4-6-15(12)26-16)13-8-11(18)10(17(22)25-2)7-14(13)21(23)24/h7-8H,3-6,9H2,1-2H3. The fraction of sp³-hybridized carbons (Fsp3) is 0.412.